The van der Waals surface area contributed by atoms with Crippen LogP contribution in [-0.4, -0.2) is 42.0 Å². The van der Waals surface area contributed by atoms with E-state index in [1.807, 2.05) is 13.8 Å². The Morgan fingerprint density at radius 2 is 2.25 bits per heavy atom. The summed E-state index contributed by atoms with van der Waals surface area (Å²) in [5.41, 5.74) is 0.524. The minimum Gasteiger partial charge on any atom is -0.392 e. The summed E-state index contributed by atoms with van der Waals surface area (Å²) in [5.74, 6) is 0. The number of aryl methyl sites for hydroxylation is 1. The molecule has 1 aromatic heterocycles. The van der Waals surface area contributed by atoms with Crippen LogP contribution in [0.2, 0.25) is 0 Å². The second kappa shape index (κ2) is 5.44. The zero-order chi connectivity index (χ0) is 15.0. The van der Waals surface area contributed by atoms with Gasteiger partial charge in [-0.1, -0.05) is 0 Å². The Bertz CT molecular complexity index is 580. The van der Waals surface area contributed by atoms with E-state index in [0.717, 1.165) is 0 Å². The van der Waals surface area contributed by atoms with E-state index in [2.05, 4.69) is 14.9 Å². The van der Waals surface area contributed by atoms with Crippen molar-refractivity contribution in [3.63, 3.8) is 0 Å². The number of hydrogen-bond acceptors (Lipinski definition) is 5. The van der Waals surface area contributed by atoms with Crippen LogP contribution in [0.25, 0.3) is 0 Å². The molecule has 0 bridgehead atoms. The van der Waals surface area contributed by atoms with Gasteiger partial charge in [0, 0.05) is 23.9 Å². The molecule has 1 unspecified atom stereocenters. The van der Waals surface area contributed by atoms with E-state index in [4.69, 9.17) is 4.74 Å². The molecule has 0 aromatic carbocycles. The molecule has 20 heavy (non-hydrogen) atoms. The fourth-order valence-electron chi connectivity index (χ4n) is 2.45. The molecule has 2 heterocycles. The average Bonchev–Trinajstić information content (AvgIpc) is 2.69. The van der Waals surface area contributed by atoms with Crippen molar-refractivity contribution in [3.8, 4) is 0 Å². The summed E-state index contributed by atoms with van der Waals surface area (Å²) in [4.78, 5) is 0. The summed E-state index contributed by atoms with van der Waals surface area (Å²) < 4.78 is 32.9. The van der Waals surface area contributed by atoms with Crippen LogP contribution in [0, 0.1) is 6.92 Å². The first kappa shape index (κ1) is 15.4. The monoisotopic (exact) mass is 303 g/mol. The highest BCUT2D eigenvalue weighted by molar-refractivity contribution is 7.89. The molecule has 1 aliphatic heterocycles. The van der Waals surface area contributed by atoms with Gasteiger partial charge >= 0.3 is 0 Å². The third-order valence-electron chi connectivity index (χ3n) is 3.47. The van der Waals surface area contributed by atoms with E-state index in [1.54, 1.807) is 6.92 Å². The van der Waals surface area contributed by atoms with Gasteiger partial charge in [-0.05, 0) is 33.6 Å². The Morgan fingerprint density at radius 3 is 2.85 bits per heavy atom. The van der Waals surface area contributed by atoms with E-state index in [0.29, 0.717) is 30.7 Å². The molecule has 1 atom stereocenters. The van der Waals surface area contributed by atoms with E-state index in [-0.39, 0.29) is 23.3 Å². The molecule has 2 rings (SSSR count). The predicted molar refractivity (Wildman–Crippen MR) is 72.6 cm³/mol. The molecular formula is C12H21N3O4S. The number of aliphatic hydroxyl groups is 1. The zero-order valence-corrected chi connectivity index (χ0v) is 12.7. The quantitative estimate of drug-likeness (QED) is 0.749. The number of H-pyrrole nitrogens is 1. The Morgan fingerprint density at radius 1 is 1.55 bits per heavy atom. The van der Waals surface area contributed by atoms with Gasteiger partial charge in [-0.2, -0.15) is 5.10 Å². The predicted octanol–water partition coefficient (Wildman–Crippen LogP) is 0.446. The molecule has 1 aromatic rings. The standard InChI is InChI=1S/C12H21N3O4S/c1-8-10(7-16)11(14-13-8)20(17,18)15-9-4-5-19-12(2,3)6-9/h9,15-16H,4-7H2,1-3H3,(H,13,14). The molecular weight excluding hydrogens is 282 g/mol. The largest absolute Gasteiger partial charge is 0.392 e. The zero-order valence-electron chi connectivity index (χ0n) is 11.9. The van der Waals surface area contributed by atoms with Crippen molar-refractivity contribution >= 4 is 10.0 Å². The second-order valence-electron chi connectivity index (χ2n) is 5.71. The lowest BCUT2D eigenvalue weighted by Crippen LogP contribution is -2.45. The number of hydrogen-bond donors (Lipinski definition) is 3. The molecule has 0 spiro atoms. The van der Waals surface area contributed by atoms with Crippen molar-refractivity contribution in [3.05, 3.63) is 11.3 Å². The van der Waals surface area contributed by atoms with E-state index < -0.39 is 10.0 Å². The van der Waals surface area contributed by atoms with Crippen LogP contribution in [-0.2, 0) is 21.4 Å². The van der Waals surface area contributed by atoms with Gasteiger partial charge < -0.3 is 9.84 Å². The smallest absolute Gasteiger partial charge is 0.260 e. The van der Waals surface area contributed by atoms with Crippen molar-refractivity contribution in [1.82, 2.24) is 14.9 Å². The number of ether oxygens (including phenoxy) is 1. The topological polar surface area (TPSA) is 104 Å². The third-order valence-corrected chi connectivity index (χ3v) is 4.96. The average molecular weight is 303 g/mol. The molecule has 7 nitrogen and oxygen atoms in total. The fourth-order valence-corrected chi connectivity index (χ4v) is 3.91. The lowest BCUT2D eigenvalue weighted by atomic mass is 9.95. The van der Waals surface area contributed by atoms with Crippen molar-refractivity contribution in [2.75, 3.05) is 6.61 Å². The normalized spacial score (nSPS) is 22.9. The minimum atomic E-state index is -3.74. The Hall–Kier alpha value is -0.960. The molecule has 0 amide bonds. The highest BCUT2D eigenvalue weighted by atomic mass is 32.2. The maximum absolute atomic E-state index is 12.4. The summed E-state index contributed by atoms with van der Waals surface area (Å²) in [6.07, 6.45) is 1.23. The van der Waals surface area contributed by atoms with Crippen LogP contribution in [0.5, 0.6) is 0 Å². The van der Waals surface area contributed by atoms with Crippen LogP contribution in [0.1, 0.15) is 37.9 Å². The minimum absolute atomic E-state index is 0.123. The molecule has 1 saturated heterocycles. The van der Waals surface area contributed by atoms with E-state index >= 15 is 0 Å². The van der Waals surface area contributed by atoms with Gasteiger partial charge in [-0.3, -0.25) is 5.10 Å². The van der Waals surface area contributed by atoms with Crippen LogP contribution in [0.3, 0.4) is 0 Å². The molecule has 1 fully saturated rings. The highest BCUT2D eigenvalue weighted by Gasteiger charge is 2.33. The number of aliphatic hydroxyl groups excluding tert-OH is 1. The number of sulfonamides is 1. The maximum Gasteiger partial charge on any atom is 0.260 e. The number of rotatable bonds is 4. The first-order valence-corrected chi connectivity index (χ1v) is 8.04. The molecule has 8 heteroatoms. The molecule has 3 N–H and O–H groups in total. The van der Waals surface area contributed by atoms with Crippen LogP contribution in [0.4, 0.5) is 0 Å². The first-order valence-electron chi connectivity index (χ1n) is 6.56. The summed E-state index contributed by atoms with van der Waals surface area (Å²) in [6.45, 7) is 5.70. The van der Waals surface area contributed by atoms with Crippen molar-refractivity contribution in [2.24, 2.45) is 0 Å². The van der Waals surface area contributed by atoms with E-state index in [9.17, 15) is 13.5 Å². The number of aromatic amines is 1. The van der Waals surface area contributed by atoms with Crippen molar-refractivity contribution in [2.45, 2.75) is 56.9 Å². The number of nitrogens with zero attached hydrogens (tertiary/aromatic N) is 1. The molecule has 1 aliphatic rings. The van der Waals surface area contributed by atoms with Gasteiger partial charge in [0.2, 0.25) is 0 Å². The first-order chi connectivity index (χ1) is 9.25. The van der Waals surface area contributed by atoms with E-state index in [1.165, 1.54) is 0 Å². The molecule has 114 valence electrons. The molecule has 0 saturated carbocycles. The fraction of sp³-hybridized carbons (Fsp3) is 0.750. The highest BCUT2D eigenvalue weighted by Crippen LogP contribution is 2.25. The summed E-state index contributed by atoms with van der Waals surface area (Å²) >= 11 is 0. The van der Waals surface area contributed by atoms with Gasteiger partial charge in [0.05, 0.1) is 12.2 Å². The lowest BCUT2D eigenvalue weighted by Gasteiger charge is -2.35. The summed E-state index contributed by atoms with van der Waals surface area (Å²) in [7, 11) is -3.74. The van der Waals surface area contributed by atoms with Gasteiger partial charge in [0.1, 0.15) is 0 Å². The van der Waals surface area contributed by atoms with Gasteiger partial charge in [0.25, 0.3) is 10.0 Å². The van der Waals surface area contributed by atoms with Gasteiger partial charge in [-0.15, -0.1) is 0 Å². The van der Waals surface area contributed by atoms with Crippen LogP contribution in [0.15, 0.2) is 5.03 Å². The van der Waals surface area contributed by atoms with Gasteiger partial charge in [-0.25, -0.2) is 13.1 Å². The summed E-state index contributed by atoms with van der Waals surface area (Å²) in [5, 5.41) is 15.5. The second-order valence-corrected chi connectivity index (χ2v) is 7.34. The number of aromatic nitrogens is 2. The van der Waals surface area contributed by atoms with Crippen molar-refractivity contribution in [1.29, 1.82) is 0 Å². The van der Waals surface area contributed by atoms with Crippen LogP contribution >= 0.6 is 0 Å². The van der Waals surface area contributed by atoms with Crippen LogP contribution < -0.4 is 4.72 Å². The van der Waals surface area contributed by atoms with Crippen molar-refractivity contribution < 1.29 is 18.3 Å². The van der Waals surface area contributed by atoms with Gasteiger partial charge in [0.15, 0.2) is 5.03 Å². The lowest BCUT2D eigenvalue weighted by molar-refractivity contribution is -0.0599. The maximum atomic E-state index is 12.4. The Balaban J connectivity index is 2.19. The molecule has 0 aliphatic carbocycles. The SMILES string of the molecule is Cc1[nH]nc(S(=O)(=O)NC2CCOC(C)(C)C2)c1CO. The number of nitrogens with one attached hydrogen (secondary N) is 2. The Labute approximate surface area is 118 Å². The Kier molecular flexibility index (Phi) is 4.19. The third kappa shape index (κ3) is 3.20. The summed E-state index contributed by atoms with van der Waals surface area (Å²) in [6, 6.07) is -0.188. The molecule has 0 radical (unpaired) electrons.